The minimum absolute atomic E-state index is 0.0539. The van der Waals surface area contributed by atoms with Crippen LogP contribution in [0.3, 0.4) is 0 Å². The van der Waals surface area contributed by atoms with E-state index in [1.54, 1.807) is 13.2 Å². The third-order valence-corrected chi connectivity index (χ3v) is 3.05. The molecule has 0 bridgehead atoms. The fourth-order valence-electron chi connectivity index (χ4n) is 1.67. The first-order valence-electron chi connectivity index (χ1n) is 5.63. The lowest BCUT2D eigenvalue weighted by atomic mass is 9.94. The summed E-state index contributed by atoms with van der Waals surface area (Å²) in [6, 6.07) is 9.68. The van der Waals surface area contributed by atoms with Crippen LogP contribution in [0.5, 0.6) is 0 Å². The number of hydrogen-bond acceptors (Lipinski definition) is 3. The van der Waals surface area contributed by atoms with Crippen LogP contribution in [-0.2, 0) is 0 Å². The van der Waals surface area contributed by atoms with Gasteiger partial charge in [-0.1, -0.05) is 18.2 Å². The molecule has 0 atom stereocenters. The van der Waals surface area contributed by atoms with E-state index in [9.17, 15) is 4.79 Å². The highest BCUT2D eigenvalue weighted by Crippen LogP contribution is 2.17. The van der Waals surface area contributed by atoms with E-state index in [-0.39, 0.29) is 5.78 Å². The van der Waals surface area contributed by atoms with Crippen LogP contribution in [0.2, 0.25) is 0 Å². The second-order valence-electron chi connectivity index (χ2n) is 4.62. The van der Waals surface area contributed by atoms with Crippen molar-refractivity contribution in [3.05, 3.63) is 42.1 Å². The standard InChI is InChI=1S/C14H16N2O/c1-14(2,15-3)13(17)11-8-10-6-4-5-7-12(10)16-9-11/h4-9,15H,1-3H3. The number of carbonyl (C=O) groups excluding carboxylic acids is 1. The predicted molar refractivity (Wildman–Crippen MR) is 69.2 cm³/mol. The van der Waals surface area contributed by atoms with Crippen LogP contribution < -0.4 is 5.32 Å². The zero-order chi connectivity index (χ0) is 12.5. The van der Waals surface area contributed by atoms with Gasteiger partial charge in [0.15, 0.2) is 5.78 Å². The lowest BCUT2D eigenvalue weighted by molar-refractivity contribution is 0.0889. The number of ketones is 1. The lowest BCUT2D eigenvalue weighted by Gasteiger charge is -2.22. The fraction of sp³-hybridized carbons (Fsp3) is 0.286. The maximum Gasteiger partial charge on any atom is 0.183 e. The van der Waals surface area contributed by atoms with Gasteiger partial charge in [0, 0.05) is 17.1 Å². The van der Waals surface area contributed by atoms with Crippen molar-refractivity contribution in [2.75, 3.05) is 7.05 Å². The summed E-state index contributed by atoms with van der Waals surface area (Å²) >= 11 is 0. The summed E-state index contributed by atoms with van der Waals surface area (Å²) < 4.78 is 0. The number of likely N-dealkylation sites (N-methyl/N-ethyl adjacent to an activating group) is 1. The number of fused-ring (bicyclic) bond motifs is 1. The molecule has 0 unspecified atom stereocenters. The average molecular weight is 228 g/mol. The Morgan fingerprint density at radius 1 is 1.29 bits per heavy atom. The van der Waals surface area contributed by atoms with E-state index in [4.69, 9.17) is 0 Å². The molecule has 3 nitrogen and oxygen atoms in total. The molecule has 17 heavy (non-hydrogen) atoms. The molecule has 0 spiro atoms. The number of pyridine rings is 1. The zero-order valence-corrected chi connectivity index (χ0v) is 10.3. The number of nitrogens with one attached hydrogen (secondary N) is 1. The number of benzene rings is 1. The highest BCUT2D eigenvalue weighted by molar-refractivity contribution is 6.04. The van der Waals surface area contributed by atoms with Gasteiger partial charge < -0.3 is 5.32 Å². The number of rotatable bonds is 3. The van der Waals surface area contributed by atoms with Crippen LogP contribution in [0.25, 0.3) is 10.9 Å². The van der Waals surface area contributed by atoms with Crippen molar-refractivity contribution in [1.82, 2.24) is 10.3 Å². The maximum absolute atomic E-state index is 12.2. The van der Waals surface area contributed by atoms with Gasteiger partial charge in [-0.15, -0.1) is 0 Å². The van der Waals surface area contributed by atoms with Crippen LogP contribution in [0.4, 0.5) is 0 Å². The van der Waals surface area contributed by atoms with E-state index in [1.807, 2.05) is 44.2 Å². The van der Waals surface area contributed by atoms with E-state index >= 15 is 0 Å². The number of carbonyl (C=O) groups is 1. The number of aromatic nitrogens is 1. The van der Waals surface area contributed by atoms with Crippen molar-refractivity contribution in [2.45, 2.75) is 19.4 Å². The first-order valence-corrected chi connectivity index (χ1v) is 5.63. The fourth-order valence-corrected chi connectivity index (χ4v) is 1.67. The molecule has 0 aliphatic heterocycles. The number of hydrogen-bond donors (Lipinski definition) is 1. The molecule has 0 saturated carbocycles. The molecule has 1 aromatic heterocycles. The molecule has 1 N–H and O–H groups in total. The minimum Gasteiger partial charge on any atom is -0.308 e. The van der Waals surface area contributed by atoms with Gasteiger partial charge in [-0.25, -0.2) is 0 Å². The van der Waals surface area contributed by atoms with Crippen LogP contribution >= 0.6 is 0 Å². The van der Waals surface area contributed by atoms with Crippen molar-refractivity contribution < 1.29 is 4.79 Å². The van der Waals surface area contributed by atoms with Gasteiger partial charge in [0.2, 0.25) is 0 Å². The second-order valence-corrected chi connectivity index (χ2v) is 4.62. The Bertz CT molecular complexity index is 561. The van der Waals surface area contributed by atoms with Crippen molar-refractivity contribution in [1.29, 1.82) is 0 Å². The Morgan fingerprint density at radius 2 is 2.00 bits per heavy atom. The summed E-state index contributed by atoms with van der Waals surface area (Å²) in [6.45, 7) is 3.73. The molecule has 0 saturated heterocycles. The molecule has 0 fully saturated rings. The van der Waals surface area contributed by atoms with Gasteiger partial charge in [-0.2, -0.15) is 0 Å². The van der Waals surface area contributed by atoms with E-state index < -0.39 is 5.54 Å². The molecule has 2 rings (SSSR count). The van der Waals surface area contributed by atoms with E-state index in [1.165, 1.54) is 0 Å². The highest BCUT2D eigenvalue weighted by Gasteiger charge is 2.26. The summed E-state index contributed by atoms with van der Waals surface area (Å²) in [6.07, 6.45) is 1.64. The quantitative estimate of drug-likeness (QED) is 0.820. The highest BCUT2D eigenvalue weighted by atomic mass is 16.1. The van der Waals surface area contributed by atoms with Gasteiger partial charge in [-0.05, 0) is 33.0 Å². The molecule has 1 heterocycles. The lowest BCUT2D eigenvalue weighted by Crippen LogP contribution is -2.44. The molecule has 0 aliphatic carbocycles. The molecule has 0 amide bonds. The Morgan fingerprint density at radius 3 is 2.71 bits per heavy atom. The van der Waals surface area contributed by atoms with Crippen molar-refractivity contribution in [3.8, 4) is 0 Å². The molecule has 3 heteroatoms. The second kappa shape index (κ2) is 4.26. The minimum atomic E-state index is -0.565. The summed E-state index contributed by atoms with van der Waals surface area (Å²) in [5.74, 6) is 0.0539. The summed E-state index contributed by atoms with van der Waals surface area (Å²) in [5.41, 5.74) is 0.985. The Balaban J connectivity index is 2.47. The van der Waals surface area contributed by atoms with Gasteiger partial charge in [0.25, 0.3) is 0 Å². The van der Waals surface area contributed by atoms with Crippen molar-refractivity contribution in [2.24, 2.45) is 0 Å². The van der Waals surface area contributed by atoms with Crippen LogP contribution in [0.15, 0.2) is 36.5 Å². The summed E-state index contributed by atoms with van der Waals surface area (Å²) in [7, 11) is 1.78. The molecule has 0 aliphatic rings. The van der Waals surface area contributed by atoms with E-state index in [0.717, 1.165) is 10.9 Å². The molecular formula is C14H16N2O. The summed E-state index contributed by atoms with van der Waals surface area (Å²) in [4.78, 5) is 16.5. The molecule has 2 aromatic rings. The topological polar surface area (TPSA) is 42.0 Å². The summed E-state index contributed by atoms with van der Waals surface area (Å²) in [5, 5.41) is 4.00. The van der Waals surface area contributed by atoms with Gasteiger partial charge in [0.1, 0.15) is 0 Å². The average Bonchev–Trinajstić information content (AvgIpc) is 2.37. The Labute approximate surface area is 101 Å². The molecule has 1 aromatic carbocycles. The van der Waals surface area contributed by atoms with Crippen molar-refractivity contribution >= 4 is 16.7 Å². The molecule has 0 radical (unpaired) electrons. The first kappa shape index (κ1) is 11.7. The number of nitrogens with zero attached hydrogens (tertiary/aromatic N) is 1. The van der Waals surface area contributed by atoms with Crippen LogP contribution in [-0.4, -0.2) is 23.4 Å². The number of Topliss-reactive ketones (excluding diaryl/α,β-unsaturated/α-hetero) is 1. The SMILES string of the molecule is CNC(C)(C)C(=O)c1cnc2ccccc2c1. The van der Waals surface area contributed by atoms with Gasteiger partial charge in [0.05, 0.1) is 11.1 Å². The van der Waals surface area contributed by atoms with Crippen LogP contribution in [0.1, 0.15) is 24.2 Å². The van der Waals surface area contributed by atoms with Crippen LogP contribution in [0, 0.1) is 0 Å². The smallest absolute Gasteiger partial charge is 0.183 e. The van der Waals surface area contributed by atoms with Gasteiger partial charge in [-0.3, -0.25) is 9.78 Å². The third kappa shape index (κ3) is 2.19. The predicted octanol–water partition coefficient (Wildman–Crippen LogP) is 2.42. The Hall–Kier alpha value is -1.74. The van der Waals surface area contributed by atoms with E-state index in [2.05, 4.69) is 10.3 Å². The molecule has 88 valence electrons. The zero-order valence-electron chi connectivity index (χ0n) is 10.3. The Kier molecular flexibility index (Phi) is 2.94. The van der Waals surface area contributed by atoms with Gasteiger partial charge >= 0.3 is 0 Å². The number of para-hydroxylation sites is 1. The largest absolute Gasteiger partial charge is 0.308 e. The third-order valence-electron chi connectivity index (χ3n) is 3.05. The normalized spacial score (nSPS) is 11.7. The monoisotopic (exact) mass is 228 g/mol. The first-order chi connectivity index (χ1) is 8.04. The molecular weight excluding hydrogens is 212 g/mol. The van der Waals surface area contributed by atoms with Crippen molar-refractivity contribution in [3.63, 3.8) is 0 Å². The maximum atomic E-state index is 12.2. The van der Waals surface area contributed by atoms with E-state index in [0.29, 0.717) is 5.56 Å².